The zero-order valence-corrected chi connectivity index (χ0v) is 19.7. The lowest BCUT2D eigenvalue weighted by Gasteiger charge is -2.17. The second kappa shape index (κ2) is 8.85. The summed E-state index contributed by atoms with van der Waals surface area (Å²) in [6, 6.07) is 15.5. The van der Waals surface area contributed by atoms with Crippen LogP contribution in [0.1, 0.15) is 24.3 Å². The van der Waals surface area contributed by atoms with Gasteiger partial charge in [0.2, 0.25) is 10.0 Å². The van der Waals surface area contributed by atoms with Crippen LogP contribution in [0.15, 0.2) is 65.0 Å². The number of nitrogens with zero attached hydrogens (tertiary/aromatic N) is 3. The predicted octanol–water partition coefficient (Wildman–Crippen LogP) is 4.58. The fourth-order valence-corrected chi connectivity index (χ4v) is 5.91. The SMILES string of the molecule is CCN(CC)S(=O)(=O)c1cc(C(=O)Nc2nc(-c3cccc4ccccc34)cs2)n(C)c1. The Morgan fingerprint density at radius 1 is 1.12 bits per heavy atom. The number of thiazole rings is 1. The Morgan fingerprint density at radius 2 is 1.84 bits per heavy atom. The van der Waals surface area contributed by atoms with Gasteiger partial charge in [0.25, 0.3) is 5.91 Å². The van der Waals surface area contributed by atoms with Crippen LogP contribution in [0.5, 0.6) is 0 Å². The predicted molar refractivity (Wildman–Crippen MR) is 129 cm³/mol. The molecule has 1 N–H and O–H groups in total. The van der Waals surface area contributed by atoms with Gasteiger partial charge in [0.05, 0.1) is 5.69 Å². The van der Waals surface area contributed by atoms with Crippen molar-refractivity contribution in [2.45, 2.75) is 18.7 Å². The third-order valence-electron chi connectivity index (χ3n) is 5.35. The average Bonchev–Trinajstić information content (AvgIpc) is 3.41. The minimum atomic E-state index is -3.64. The molecule has 9 heteroatoms. The van der Waals surface area contributed by atoms with Crippen molar-refractivity contribution >= 4 is 43.2 Å². The maximum Gasteiger partial charge on any atom is 0.274 e. The number of aryl methyl sites for hydroxylation is 1. The summed E-state index contributed by atoms with van der Waals surface area (Å²) in [5.74, 6) is -0.410. The molecular formula is C23H24N4O3S2. The fraction of sp³-hybridized carbons (Fsp3) is 0.217. The summed E-state index contributed by atoms with van der Waals surface area (Å²) in [5.41, 5.74) is 2.02. The van der Waals surface area contributed by atoms with E-state index in [0.29, 0.717) is 18.2 Å². The van der Waals surface area contributed by atoms with Crippen LogP contribution in [0.3, 0.4) is 0 Å². The molecule has 2 aromatic heterocycles. The van der Waals surface area contributed by atoms with Crippen molar-refractivity contribution in [1.82, 2.24) is 13.9 Å². The van der Waals surface area contributed by atoms with E-state index in [4.69, 9.17) is 0 Å². The van der Waals surface area contributed by atoms with Crippen LogP contribution in [0.25, 0.3) is 22.0 Å². The van der Waals surface area contributed by atoms with Crippen molar-refractivity contribution < 1.29 is 13.2 Å². The molecule has 166 valence electrons. The van der Waals surface area contributed by atoms with Crippen molar-refractivity contribution in [1.29, 1.82) is 0 Å². The van der Waals surface area contributed by atoms with E-state index in [2.05, 4.69) is 10.3 Å². The molecule has 4 rings (SSSR count). The number of fused-ring (bicyclic) bond motifs is 1. The molecule has 0 saturated heterocycles. The highest BCUT2D eigenvalue weighted by Crippen LogP contribution is 2.31. The van der Waals surface area contributed by atoms with Gasteiger partial charge in [-0.25, -0.2) is 13.4 Å². The Labute approximate surface area is 191 Å². The van der Waals surface area contributed by atoms with E-state index in [1.807, 2.05) is 47.8 Å². The lowest BCUT2D eigenvalue weighted by atomic mass is 10.0. The third-order valence-corrected chi connectivity index (χ3v) is 8.12. The Kier molecular flexibility index (Phi) is 6.14. The molecule has 32 heavy (non-hydrogen) atoms. The van der Waals surface area contributed by atoms with E-state index in [-0.39, 0.29) is 10.6 Å². The molecule has 0 bridgehead atoms. The number of benzene rings is 2. The summed E-state index contributed by atoms with van der Waals surface area (Å²) in [6.45, 7) is 4.30. The maximum absolute atomic E-state index is 12.9. The number of carbonyl (C=O) groups excluding carboxylic acids is 1. The summed E-state index contributed by atoms with van der Waals surface area (Å²) in [7, 11) is -1.99. The molecule has 2 heterocycles. The van der Waals surface area contributed by atoms with Gasteiger partial charge in [-0.3, -0.25) is 10.1 Å². The first-order chi connectivity index (χ1) is 15.3. The van der Waals surface area contributed by atoms with Crippen LogP contribution < -0.4 is 5.32 Å². The highest BCUT2D eigenvalue weighted by Gasteiger charge is 2.25. The lowest BCUT2D eigenvalue weighted by molar-refractivity contribution is 0.101. The molecule has 7 nitrogen and oxygen atoms in total. The van der Waals surface area contributed by atoms with Gasteiger partial charge in [0.15, 0.2) is 5.13 Å². The van der Waals surface area contributed by atoms with Gasteiger partial charge in [0.1, 0.15) is 10.6 Å². The number of anilines is 1. The van der Waals surface area contributed by atoms with Crippen molar-refractivity contribution in [2.24, 2.45) is 7.05 Å². The molecule has 1 amide bonds. The minimum absolute atomic E-state index is 0.101. The topological polar surface area (TPSA) is 84.3 Å². The first-order valence-electron chi connectivity index (χ1n) is 10.3. The van der Waals surface area contributed by atoms with Crippen LogP contribution in [-0.4, -0.2) is 41.3 Å². The van der Waals surface area contributed by atoms with Gasteiger partial charge in [-0.2, -0.15) is 4.31 Å². The molecule has 0 aliphatic carbocycles. The largest absolute Gasteiger partial charge is 0.345 e. The summed E-state index contributed by atoms with van der Waals surface area (Å²) in [4.78, 5) is 17.6. The van der Waals surface area contributed by atoms with Gasteiger partial charge < -0.3 is 4.57 Å². The molecule has 0 spiro atoms. The second-order valence-electron chi connectivity index (χ2n) is 7.28. The van der Waals surface area contributed by atoms with Gasteiger partial charge in [0, 0.05) is 37.3 Å². The van der Waals surface area contributed by atoms with Crippen molar-refractivity contribution in [3.63, 3.8) is 0 Å². The lowest BCUT2D eigenvalue weighted by Crippen LogP contribution is -2.30. The molecule has 0 aliphatic heterocycles. The van der Waals surface area contributed by atoms with Crippen molar-refractivity contribution in [2.75, 3.05) is 18.4 Å². The van der Waals surface area contributed by atoms with E-state index in [9.17, 15) is 13.2 Å². The maximum atomic E-state index is 12.9. The molecular weight excluding hydrogens is 444 g/mol. The molecule has 4 aromatic rings. The number of carbonyl (C=O) groups is 1. The average molecular weight is 469 g/mol. The highest BCUT2D eigenvalue weighted by molar-refractivity contribution is 7.89. The summed E-state index contributed by atoms with van der Waals surface area (Å²) in [6.07, 6.45) is 1.46. The third kappa shape index (κ3) is 4.06. The van der Waals surface area contributed by atoms with Crippen LogP contribution in [0.2, 0.25) is 0 Å². The molecule has 0 radical (unpaired) electrons. The number of sulfonamides is 1. The van der Waals surface area contributed by atoms with Gasteiger partial charge >= 0.3 is 0 Å². The quantitative estimate of drug-likeness (QED) is 0.430. The Hall–Kier alpha value is -3.01. The zero-order valence-electron chi connectivity index (χ0n) is 18.1. The number of nitrogens with one attached hydrogen (secondary N) is 1. The number of rotatable bonds is 7. The van der Waals surface area contributed by atoms with Gasteiger partial charge in [-0.15, -0.1) is 11.3 Å². The summed E-state index contributed by atoms with van der Waals surface area (Å²) < 4.78 is 28.4. The minimum Gasteiger partial charge on any atom is -0.345 e. The molecule has 0 saturated carbocycles. The van der Waals surface area contributed by atoms with Crippen LogP contribution in [0.4, 0.5) is 5.13 Å². The standard InChI is InChI=1S/C23H24N4O3S2/c1-4-27(5-2)32(29,30)17-13-21(26(3)14-17)22(28)25-23-24-20(15-31-23)19-12-8-10-16-9-6-7-11-18(16)19/h6-15H,4-5H2,1-3H3,(H,24,25,28). The first-order valence-corrected chi connectivity index (χ1v) is 12.6. The summed E-state index contributed by atoms with van der Waals surface area (Å²) >= 11 is 1.33. The van der Waals surface area contributed by atoms with E-state index in [0.717, 1.165) is 22.0 Å². The first kappa shape index (κ1) is 22.2. The zero-order chi connectivity index (χ0) is 22.9. The number of hydrogen-bond donors (Lipinski definition) is 1. The number of aromatic nitrogens is 2. The van der Waals surface area contributed by atoms with Gasteiger partial charge in [-0.1, -0.05) is 56.3 Å². The van der Waals surface area contributed by atoms with E-state index >= 15 is 0 Å². The van der Waals surface area contributed by atoms with Crippen LogP contribution >= 0.6 is 11.3 Å². The van der Waals surface area contributed by atoms with Crippen molar-refractivity contribution in [3.05, 3.63) is 65.8 Å². The Morgan fingerprint density at radius 3 is 2.59 bits per heavy atom. The molecule has 0 aliphatic rings. The fourth-order valence-electron chi connectivity index (χ4n) is 3.68. The Balaban J connectivity index is 1.59. The second-order valence-corrected chi connectivity index (χ2v) is 10.1. The van der Waals surface area contributed by atoms with Crippen LogP contribution in [0, 0.1) is 0 Å². The normalized spacial score (nSPS) is 11.9. The van der Waals surface area contributed by atoms with E-state index in [1.54, 1.807) is 20.9 Å². The smallest absolute Gasteiger partial charge is 0.274 e. The molecule has 2 aromatic carbocycles. The molecule has 0 fully saturated rings. The number of amides is 1. The van der Waals surface area contributed by atoms with Crippen LogP contribution in [-0.2, 0) is 17.1 Å². The number of hydrogen-bond acceptors (Lipinski definition) is 5. The monoisotopic (exact) mass is 468 g/mol. The van der Waals surface area contributed by atoms with E-state index in [1.165, 1.54) is 32.5 Å². The molecule has 0 unspecified atom stereocenters. The van der Waals surface area contributed by atoms with Gasteiger partial charge in [-0.05, 0) is 16.8 Å². The summed E-state index contributed by atoms with van der Waals surface area (Å²) in [5, 5.41) is 7.36. The molecule has 0 atom stereocenters. The van der Waals surface area contributed by atoms with Crippen molar-refractivity contribution in [3.8, 4) is 11.3 Å². The van der Waals surface area contributed by atoms with E-state index < -0.39 is 15.9 Å². The Bertz CT molecular complexity index is 1380. The highest BCUT2D eigenvalue weighted by atomic mass is 32.2.